The summed E-state index contributed by atoms with van der Waals surface area (Å²) in [6.07, 6.45) is 15.8. The second-order valence-corrected chi connectivity index (χ2v) is 10.7. The minimum atomic E-state index is -2.04. The first-order chi connectivity index (χ1) is 15.0. The molecule has 0 heterocycles. The molecule has 1 N–H and O–H groups in total. The van der Waals surface area contributed by atoms with Gasteiger partial charge in [-0.25, -0.2) is 0 Å². The van der Waals surface area contributed by atoms with E-state index in [0.717, 1.165) is 18.8 Å². The molecule has 0 radical (unpaired) electrons. The molecule has 0 fully saturated rings. The minimum absolute atomic E-state index is 0.00661. The number of hydrogen-bond donors (Lipinski definition) is 1. The van der Waals surface area contributed by atoms with Crippen LogP contribution in [-0.4, -0.2) is 22.3 Å². The second-order valence-electron chi connectivity index (χ2n) is 10.7. The first-order valence-corrected chi connectivity index (χ1v) is 13.1. The molecule has 0 saturated heterocycles. The predicted octanol–water partition coefficient (Wildman–Crippen LogP) is 8.01. The van der Waals surface area contributed by atoms with E-state index in [4.69, 9.17) is 0 Å². The fourth-order valence-corrected chi connectivity index (χ4v) is 4.62. The Balaban J connectivity index is 4.35. The molecule has 0 aromatic carbocycles. The van der Waals surface area contributed by atoms with Crippen LogP contribution < -0.4 is 0 Å². The maximum atomic E-state index is 12.8. The molecule has 0 aliphatic carbocycles. The SMILES string of the molecule is C=C(C)C(=O)C(O)(C(=O)C(=C)C)C(CCCCCCCCCCCCCC(C)C)C(C)C. The van der Waals surface area contributed by atoms with Crippen molar-refractivity contribution in [2.75, 3.05) is 0 Å². The van der Waals surface area contributed by atoms with Gasteiger partial charge in [-0.2, -0.15) is 0 Å². The summed E-state index contributed by atoms with van der Waals surface area (Å²) < 4.78 is 0. The monoisotopic (exact) mass is 448 g/mol. The van der Waals surface area contributed by atoms with Crippen LogP contribution in [0, 0.1) is 17.8 Å². The number of carbonyl (C=O) groups is 2. The van der Waals surface area contributed by atoms with Gasteiger partial charge in [-0.05, 0) is 43.3 Å². The summed E-state index contributed by atoms with van der Waals surface area (Å²) in [5, 5.41) is 11.3. The Hall–Kier alpha value is -1.22. The third-order valence-electron chi connectivity index (χ3n) is 6.61. The molecular weight excluding hydrogens is 396 g/mol. The van der Waals surface area contributed by atoms with Crippen LogP contribution in [0.15, 0.2) is 24.3 Å². The first kappa shape index (κ1) is 30.8. The van der Waals surface area contributed by atoms with Gasteiger partial charge in [0.15, 0.2) is 17.2 Å². The average Bonchev–Trinajstić information content (AvgIpc) is 2.71. The highest BCUT2D eigenvalue weighted by molar-refractivity contribution is 6.21. The van der Waals surface area contributed by atoms with Gasteiger partial charge in [0.1, 0.15) is 0 Å². The molecule has 0 aliphatic heterocycles. The number of carbonyl (C=O) groups excluding carboxylic acids is 2. The number of ketones is 2. The Morgan fingerprint density at radius 2 is 0.969 bits per heavy atom. The summed E-state index contributed by atoms with van der Waals surface area (Å²) in [5.41, 5.74) is -1.61. The van der Waals surface area contributed by atoms with Gasteiger partial charge in [-0.15, -0.1) is 0 Å². The van der Waals surface area contributed by atoms with Gasteiger partial charge in [0.25, 0.3) is 0 Å². The topological polar surface area (TPSA) is 54.4 Å². The molecule has 0 aromatic rings. The normalized spacial score (nSPS) is 12.9. The highest BCUT2D eigenvalue weighted by atomic mass is 16.3. The molecule has 1 unspecified atom stereocenters. The second kappa shape index (κ2) is 16.4. The highest BCUT2D eigenvalue weighted by Gasteiger charge is 2.50. The lowest BCUT2D eigenvalue weighted by atomic mass is 9.69. The quantitative estimate of drug-likeness (QED) is 0.117. The molecular formula is C29H52O3. The maximum absolute atomic E-state index is 12.8. The zero-order valence-electron chi connectivity index (χ0n) is 22.1. The standard InChI is InChI=1S/C29H52O3/c1-22(2)20-18-16-14-12-10-9-11-13-15-17-19-21-26(23(3)4)29(32,27(30)24(5)6)28(31)25(7)8/h22-23,26,32H,5,7,9-21H2,1-4,6,8H3. The fraction of sp³-hybridized carbons (Fsp3) is 0.793. The summed E-state index contributed by atoms with van der Waals surface area (Å²) in [7, 11) is 0. The van der Waals surface area contributed by atoms with E-state index >= 15 is 0 Å². The molecule has 0 saturated carbocycles. The molecule has 0 amide bonds. The summed E-state index contributed by atoms with van der Waals surface area (Å²) in [6.45, 7) is 19.0. The molecule has 0 spiro atoms. The molecule has 0 bridgehead atoms. The fourth-order valence-electron chi connectivity index (χ4n) is 4.62. The smallest absolute Gasteiger partial charge is 0.197 e. The van der Waals surface area contributed by atoms with Crippen molar-refractivity contribution in [3.8, 4) is 0 Å². The largest absolute Gasteiger partial charge is 0.374 e. The summed E-state index contributed by atoms with van der Waals surface area (Å²) >= 11 is 0. The Morgan fingerprint density at radius 3 is 1.25 bits per heavy atom. The van der Waals surface area contributed by atoms with Crippen molar-refractivity contribution in [2.45, 2.75) is 131 Å². The lowest BCUT2D eigenvalue weighted by Gasteiger charge is -2.36. The van der Waals surface area contributed by atoms with Crippen LogP contribution in [0.3, 0.4) is 0 Å². The molecule has 0 rings (SSSR count). The zero-order chi connectivity index (χ0) is 24.7. The number of Topliss-reactive ketones (excluding diaryl/α,β-unsaturated/α-hetero) is 2. The molecule has 3 nitrogen and oxygen atoms in total. The Bertz CT molecular complexity index is 559. The van der Waals surface area contributed by atoms with Crippen molar-refractivity contribution in [1.29, 1.82) is 0 Å². The van der Waals surface area contributed by atoms with Crippen LogP contribution in [0.25, 0.3) is 0 Å². The van der Waals surface area contributed by atoms with Crippen molar-refractivity contribution in [1.82, 2.24) is 0 Å². The van der Waals surface area contributed by atoms with Gasteiger partial charge in [0.05, 0.1) is 0 Å². The molecule has 0 aromatic heterocycles. The Labute approximate surface area is 199 Å². The summed E-state index contributed by atoms with van der Waals surface area (Å²) in [4.78, 5) is 25.6. The van der Waals surface area contributed by atoms with E-state index in [1.807, 2.05) is 13.8 Å². The Morgan fingerprint density at radius 1 is 0.656 bits per heavy atom. The maximum Gasteiger partial charge on any atom is 0.197 e. The van der Waals surface area contributed by atoms with Gasteiger partial charge in [0, 0.05) is 5.92 Å². The third kappa shape index (κ3) is 11.1. The Kier molecular flexibility index (Phi) is 15.8. The van der Waals surface area contributed by atoms with Crippen LogP contribution >= 0.6 is 0 Å². The predicted molar refractivity (Wildman–Crippen MR) is 138 cm³/mol. The van der Waals surface area contributed by atoms with Gasteiger partial charge in [0.2, 0.25) is 0 Å². The van der Waals surface area contributed by atoms with Crippen LogP contribution in [-0.2, 0) is 9.59 Å². The summed E-state index contributed by atoms with van der Waals surface area (Å²) in [6, 6.07) is 0. The lowest BCUT2D eigenvalue weighted by molar-refractivity contribution is -0.154. The van der Waals surface area contributed by atoms with E-state index in [9.17, 15) is 14.7 Å². The molecule has 0 aliphatic rings. The van der Waals surface area contributed by atoms with Crippen LogP contribution in [0.1, 0.15) is 125 Å². The molecule has 32 heavy (non-hydrogen) atoms. The van der Waals surface area contributed by atoms with Crippen molar-refractivity contribution in [2.24, 2.45) is 17.8 Å². The minimum Gasteiger partial charge on any atom is -0.374 e. The first-order valence-electron chi connectivity index (χ1n) is 13.1. The molecule has 3 heteroatoms. The van der Waals surface area contributed by atoms with Gasteiger partial charge < -0.3 is 5.11 Å². The number of unbranched alkanes of at least 4 members (excludes halogenated alkanes) is 10. The average molecular weight is 449 g/mol. The van der Waals surface area contributed by atoms with E-state index in [2.05, 4.69) is 27.0 Å². The van der Waals surface area contributed by atoms with Crippen molar-refractivity contribution < 1.29 is 14.7 Å². The lowest BCUT2D eigenvalue weighted by Crippen LogP contribution is -2.55. The van der Waals surface area contributed by atoms with Crippen molar-refractivity contribution >= 4 is 11.6 Å². The van der Waals surface area contributed by atoms with Crippen LogP contribution in [0.4, 0.5) is 0 Å². The van der Waals surface area contributed by atoms with Gasteiger partial charge >= 0.3 is 0 Å². The van der Waals surface area contributed by atoms with Crippen molar-refractivity contribution in [3.63, 3.8) is 0 Å². The van der Waals surface area contributed by atoms with E-state index < -0.39 is 23.1 Å². The molecule has 1 atom stereocenters. The van der Waals surface area contributed by atoms with E-state index in [-0.39, 0.29) is 17.1 Å². The third-order valence-corrected chi connectivity index (χ3v) is 6.61. The highest BCUT2D eigenvalue weighted by Crippen LogP contribution is 2.35. The number of hydrogen-bond acceptors (Lipinski definition) is 3. The van der Waals surface area contributed by atoms with E-state index in [1.54, 1.807) is 13.8 Å². The zero-order valence-corrected chi connectivity index (χ0v) is 22.1. The van der Waals surface area contributed by atoms with Crippen molar-refractivity contribution in [3.05, 3.63) is 24.3 Å². The van der Waals surface area contributed by atoms with Crippen LogP contribution in [0.5, 0.6) is 0 Å². The molecule has 186 valence electrons. The van der Waals surface area contributed by atoms with Gasteiger partial charge in [-0.3, -0.25) is 9.59 Å². The van der Waals surface area contributed by atoms with Crippen LogP contribution in [0.2, 0.25) is 0 Å². The van der Waals surface area contributed by atoms with E-state index in [0.29, 0.717) is 6.42 Å². The summed E-state index contributed by atoms with van der Waals surface area (Å²) in [5.74, 6) is -0.710. The van der Waals surface area contributed by atoms with E-state index in [1.165, 1.54) is 64.2 Å². The number of rotatable bonds is 20. The van der Waals surface area contributed by atoms with Gasteiger partial charge in [-0.1, -0.05) is 118 Å². The number of aliphatic hydroxyl groups is 1.